The van der Waals surface area contributed by atoms with Crippen LogP contribution < -0.4 is 9.84 Å². The zero-order valence-electron chi connectivity index (χ0n) is 15.0. The van der Waals surface area contributed by atoms with Crippen LogP contribution in [0.1, 0.15) is 16.8 Å². The predicted octanol–water partition coefficient (Wildman–Crippen LogP) is -0.0867. The number of rotatable bonds is 5. The molecule has 0 aromatic heterocycles. The highest BCUT2D eigenvalue weighted by atomic mass is 16.5. The standard InChI is InChI=1S/C18H24N2O6/c1-20(2)6-7-25-12(11-20)8-16(22)19-9-13(10-19)26-15-5-3-4-14(21)17(15)18(23)24/h3-5,12-13H,6-11H2,1-2H3,(H-,21,23,24)/t12-/m1/s1. The SMILES string of the molecule is C[N+]1(C)CCO[C@H](CC(=O)N2CC(Oc3cccc([O-])c3C(=O)O)C2)C1. The topological polar surface area (TPSA) is 99.1 Å². The first-order chi connectivity index (χ1) is 12.2. The van der Waals surface area contributed by atoms with Gasteiger partial charge in [0.05, 0.1) is 45.8 Å². The smallest absolute Gasteiger partial charge is 0.338 e. The van der Waals surface area contributed by atoms with E-state index in [0.717, 1.165) is 17.6 Å². The van der Waals surface area contributed by atoms with Gasteiger partial charge in [-0.25, -0.2) is 4.79 Å². The number of carbonyl (C=O) groups is 2. The van der Waals surface area contributed by atoms with E-state index in [9.17, 15) is 14.7 Å². The van der Waals surface area contributed by atoms with E-state index in [-0.39, 0.29) is 29.4 Å². The van der Waals surface area contributed by atoms with Crippen molar-refractivity contribution in [2.75, 3.05) is 46.9 Å². The molecule has 0 saturated carbocycles. The monoisotopic (exact) mass is 364 g/mol. The van der Waals surface area contributed by atoms with Crippen molar-refractivity contribution >= 4 is 11.9 Å². The Morgan fingerprint density at radius 3 is 2.77 bits per heavy atom. The van der Waals surface area contributed by atoms with E-state index in [1.54, 1.807) is 4.90 Å². The highest BCUT2D eigenvalue weighted by Gasteiger charge is 2.36. The third-order valence-electron chi connectivity index (χ3n) is 4.85. The lowest BCUT2D eigenvalue weighted by atomic mass is 10.1. The van der Waals surface area contributed by atoms with Gasteiger partial charge in [0.1, 0.15) is 31.0 Å². The molecule has 1 amide bonds. The normalized spacial score (nSPS) is 22.5. The van der Waals surface area contributed by atoms with Gasteiger partial charge in [-0.05, 0) is 6.07 Å². The lowest BCUT2D eigenvalue weighted by Gasteiger charge is -2.41. The number of hydrogen-bond donors (Lipinski definition) is 1. The van der Waals surface area contributed by atoms with Gasteiger partial charge in [0, 0.05) is 0 Å². The molecule has 2 fully saturated rings. The second kappa shape index (κ2) is 7.13. The number of amides is 1. The summed E-state index contributed by atoms with van der Waals surface area (Å²) in [6, 6.07) is 4.12. The zero-order chi connectivity index (χ0) is 18.9. The van der Waals surface area contributed by atoms with E-state index in [0.29, 0.717) is 26.1 Å². The molecule has 142 valence electrons. The number of aromatic carboxylic acids is 1. The molecule has 1 aromatic carbocycles. The fourth-order valence-corrected chi connectivity index (χ4v) is 3.32. The minimum atomic E-state index is -1.31. The Labute approximate surface area is 152 Å². The number of likely N-dealkylation sites (tertiary alicyclic amines) is 1. The Hall–Kier alpha value is -2.32. The lowest BCUT2D eigenvalue weighted by molar-refractivity contribution is -0.901. The predicted molar refractivity (Wildman–Crippen MR) is 90.0 cm³/mol. The maximum absolute atomic E-state index is 12.4. The molecule has 0 unspecified atom stereocenters. The average Bonchev–Trinajstić information content (AvgIpc) is 2.48. The summed E-state index contributed by atoms with van der Waals surface area (Å²) in [6.45, 7) is 3.16. The van der Waals surface area contributed by atoms with Gasteiger partial charge in [-0.2, -0.15) is 0 Å². The maximum Gasteiger partial charge on any atom is 0.338 e. The van der Waals surface area contributed by atoms with Crippen LogP contribution in [0, 0.1) is 0 Å². The Balaban J connectivity index is 1.51. The van der Waals surface area contributed by atoms with Crippen LogP contribution in [0.5, 0.6) is 11.5 Å². The van der Waals surface area contributed by atoms with E-state index in [2.05, 4.69) is 14.1 Å². The van der Waals surface area contributed by atoms with Gasteiger partial charge in [0.2, 0.25) is 5.91 Å². The van der Waals surface area contributed by atoms with Crippen molar-refractivity contribution in [2.45, 2.75) is 18.6 Å². The quantitative estimate of drug-likeness (QED) is 0.734. The highest BCUT2D eigenvalue weighted by Crippen LogP contribution is 2.28. The van der Waals surface area contributed by atoms with Crippen molar-refractivity contribution in [3.8, 4) is 11.5 Å². The molecule has 26 heavy (non-hydrogen) atoms. The van der Waals surface area contributed by atoms with Gasteiger partial charge >= 0.3 is 5.97 Å². The second-order valence-electron chi connectivity index (χ2n) is 7.51. The second-order valence-corrected chi connectivity index (χ2v) is 7.51. The molecule has 2 heterocycles. The molecule has 3 rings (SSSR count). The summed E-state index contributed by atoms with van der Waals surface area (Å²) in [5, 5.41) is 20.8. The molecule has 0 spiro atoms. The van der Waals surface area contributed by atoms with Crippen LogP contribution in [0.3, 0.4) is 0 Å². The van der Waals surface area contributed by atoms with Crippen LogP contribution in [0.2, 0.25) is 0 Å². The Morgan fingerprint density at radius 2 is 2.12 bits per heavy atom. The Kier molecular flexibility index (Phi) is 5.06. The zero-order valence-corrected chi connectivity index (χ0v) is 15.0. The lowest BCUT2D eigenvalue weighted by Crippen LogP contribution is -2.58. The van der Waals surface area contributed by atoms with Crippen molar-refractivity contribution in [1.29, 1.82) is 0 Å². The summed E-state index contributed by atoms with van der Waals surface area (Å²) in [6.07, 6.45) is -0.0505. The molecule has 0 radical (unpaired) electrons. The highest BCUT2D eigenvalue weighted by molar-refractivity contribution is 5.93. The number of hydrogen-bond acceptors (Lipinski definition) is 5. The van der Waals surface area contributed by atoms with Crippen molar-refractivity contribution < 1.29 is 33.8 Å². The van der Waals surface area contributed by atoms with Crippen LogP contribution in [-0.2, 0) is 9.53 Å². The van der Waals surface area contributed by atoms with E-state index >= 15 is 0 Å². The number of carboxylic acids is 1. The minimum Gasteiger partial charge on any atom is -0.872 e. The van der Waals surface area contributed by atoms with E-state index in [1.165, 1.54) is 18.2 Å². The number of likely N-dealkylation sites (N-methyl/N-ethyl adjacent to an activating group) is 1. The number of carboxylic acid groups (broad SMARTS) is 1. The fourth-order valence-electron chi connectivity index (χ4n) is 3.32. The summed E-state index contributed by atoms with van der Waals surface area (Å²) in [7, 11) is 4.25. The van der Waals surface area contributed by atoms with E-state index in [1.807, 2.05) is 0 Å². The number of ether oxygens (including phenoxy) is 2. The van der Waals surface area contributed by atoms with Crippen LogP contribution in [0.25, 0.3) is 0 Å². The summed E-state index contributed by atoms with van der Waals surface area (Å²) < 4.78 is 12.1. The molecule has 2 aliphatic rings. The van der Waals surface area contributed by atoms with Crippen molar-refractivity contribution in [3.05, 3.63) is 23.8 Å². The van der Waals surface area contributed by atoms with Gasteiger partial charge in [-0.3, -0.25) is 4.79 Å². The largest absolute Gasteiger partial charge is 0.872 e. The third-order valence-corrected chi connectivity index (χ3v) is 4.85. The first-order valence-electron chi connectivity index (χ1n) is 8.66. The number of nitrogens with zero attached hydrogens (tertiary/aromatic N) is 2. The number of carbonyl (C=O) groups excluding carboxylic acids is 1. The molecule has 8 heteroatoms. The average molecular weight is 364 g/mol. The molecule has 0 aliphatic carbocycles. The summed E-state index contributed by atoms with van der Waals surface area (Å²) in [4.78, 5) is 25.3. The molecular formula is C18H24N2O6. The van der Waals surface area contributed by atoms with E-state index < -0.39 is 11.7 Å². The first-order valence-corrected chi connectivity index (χ1v) is 8.66. The van der Waals surface area contributed by atoms with Crippen LogP contribution in [-0.4, -0.2) is 85.5 Å². The van der Waals surface area contributed by atoms with Crippen LogP contribution in [0.15, 0.2) is 18.2 Å². The first kappa shape index (κ1) is 18.5. The summed E-state index contributed by atoms with van der Waals surface area (Å²) >= 11 is 0. The molecule has 0 bridgehead atoms. The van der Waals surface area contributed by atoms with Crippen molar-refractivity contribution in [1.82, 2.24) is 4.90 Å². The fraction of sp³-hybridized carbons (Fsp3) is 0.556. The maximum atomic E-state index is 12.4. The van der Waals surface area contributed by atoms with Gasteiger partial charge < -0.3 is 29.1 Å². The molecule has 2 saturated heterocycles. The Morgan fingerprint density at radius 1 is 1.38 bits per heavy atom. The number of quaternary nitrogens is 1. The van der Waals surface area contributed by atoms with Crippen molar-refractivity contribution in [3.63, 3.8) is 0 Å². The number of benzene rings is 1. The van der Waals surface area contributed by atoms with Gasteiger partial charge in [0.25, 0.3) is 0 Å². The van der Waals surface area contributed by atoms with Gasteiger partial charge in [0.15, 0.2) is 0 Å². The minimum absolute atomic E-state index is 0.00721. The molecule has 1 N–H and O–H groups in total. The summed E-state index contributed by atoms with van der Waals surface area (Å²) in [5.74, 6) is -1.84. The van der Waals surface area contributed by atoms with Crippen molar-refractivity contribution in [2.24, 2.45) is 0 Å². The Bertz CT molecular complexity index is 699. The van der Waals surface area contributed by atoms with Crippen LogP contribution in [0.4, 0.5) is 0 Å². The van der Waals surface area contributed by atoms with E-state index in [4.69, 9.17) is 14.6 Å². The molecule has 2 aliphatic heterocycles. The number of morpholine rings is 1. The third kappa shape index (κ3) is 4.08. The molecule has 1 aromatic rings. The molecular weight excluding hydrogens is 340 g/mol. The van der Waals surface area contributed by atoms with Gasteiger partial charge in [-0.1, -0.05) is 17.9 Å². The molecule has 8 nitrogen and oxygen atoms in total. The summed E-state index contributed by atoms with van der Waals surface area (Å²) in [5.41, 5.74) is -0.368. The van der Waals surface area contributed by atoms with Gasteiger partial charge in [-0.15, -0.1) is 0 Å². The van der Waals surface area contributed by atoms with Crippen LogP contribution >= 0.6 is 0 Å². The molecule has 1 atom stereocenters.